The third kappa shape index (κ3) is 4.06. The van der Waals surface area contributed by atoms with Crippen LogP contribution in [-0.2, 0) is 6.54 Å². The Morgan fingerprint density at radius 1 is 1.00 bits per heavy atom. The van der Waals surface area contributed by atoms with Crippen LogP contribution in [0.3, 0.4) is 0 Å². The van der Waals surface area contributed by atoms with Gasteiger partial charge in [0, 0.05) is 10.6 Å². The maximum atomic E-state index is 10.4. The summed E-state index contributed by atoms with van der Waals surface area (Å²) in [6.45, 7) is 2.69. The van der Waals surface area contributed by atoms with E-state index in [4.69, 9.17) is 16.0 Å². The lowest BCUT2D eigenvalue weighted by molar-refractivity contribution is -0.710. The number of halogens is 1. The first kappa shape index (κ1) is 16.8. The summed E-state index contributed by atoms with van der Waals surface area (Å²) in [5.74, 6) is 1.71. The molecule has 0 saturated carbocycles. The Labute approximate surface area is 146 Å². The lowest BCUT2D eigenvalue weighted by Crippen LogP contribution is -2.88. The van der Waals surface area contributed by atoms with E-state index >= 15 is 0 Å². The van der Waals surface area contributed by atoms with Gasteiger partial charge in [0.2, 0.25) is 0 Å². The zero-order valence-corrected chi connectivity index (χ0v) is 14.3. The van der Waals surface area contributed by atoms with Crippen molar-refractivity contribution in [1.29, 1.82) is 0 Å². The van der Waals surface area contributed by atoms with Gasteiger partial charge in [0.25, 0.3) is 0 Å². The first-order valence-electron chi connectivity index (χ1n) is 8.04. The van der Waals surface area contributed by atoms with Crippen LogP contribution in [0.1, 0.15) is 24.4 Å². The number of furan rings is 1. The van der Waals surface area contributed by atoms with Crippen molar-refractivity contribution in [1.82, 2.24) is 0 Å². The summed E-state index contributed by atoms with van der Waals surface area (Å²) in [4.78, 5) is 0. The van der Waals surface area contributed by atoms with Gasteiger partial charge in [-0.1, -0.05) is 41.9 Å². The lowest BCUT2D eigenvalue weighted by atomic mass is 10.0. The lowest BCUT2D eigenvalue weighted by Gasteiger charge is -2.17. The molecule has 0 aliphatic carbocycles. The Morgan fingerprint density at radius 2 is 1.71 bits per heavy atom. The highest BCUT2D eigenvalue weighted by Crippen LogP contribution is 2.23. The van der Waals surface area contributed by atoms with E-state index in [9.17, 15) is 5.11 Å². The number of hydrogen-bond acceptors (Lipinski definition) is 2. The van der Waals surface area contributed by atoms with Gasteiger partial charge in [-0.3, -0.25) is 0 Å². The zero-order valence-electron chi connectivity index (χ0n) is 13.5. The highest BCUT2D eigenvalue weighted by Gasteiger charge is 2.19. The van der Waals surface area contributed by atoms with Crippen LogP contribution in [0.5, 0.6) is 0 Å². The number of aliphatic hydroxyl groups excluding tert-OH is 1. The van der Waals surface area contributed by atoms with Crippen molar-refractivity contribution >= 4 is 11.6 Å². The van der Waals surface area contributed by atoms with E-state index in [0.717, 1.165) is 22.6 Å². The third-order valence-corrected chi connectivity index (χ3v) is 4.37. The summed E-state index contributed by atoms with van der Waals surface area (Å²) >= 11 is 5.91. The highest BCUT2D eigenvalue weighted by molar-refractivity contribution is 6.30. The monoisotopic (exact) mass is 342 g/mol. The quantitative estimate of drug-likeness (QED) is 0.716. The number of nitrogens with two attached hydrogens (primary N) is 1. The summed E-state index contributed by atoms with van der Waals surface area (Å²) < 4.78 is 5.89. The molecule has 3 aromatic rings. The molecule has 0 bridgehead atoms. The van der Waals surface area contributed by atoms with Crippen LogP contribution in [0.25, 0.3) is 11.3 Å². The van der Waals surface area contributed by atoms with Crippen molar-refractivity contribution in [2.45, 2.75) is 25.6 Å². The molecule has 0 unspecified atom stereocenters. The van der Waals surface area contributed by atoms with Crippen LogP contribution in [0.15, 0.2) is 71.1 Å². The van der Waals surface area contributed by atoms with Crippen LogP contribution in [0.4, 0.5) is 0 Å². The van der Waals surface area contributed by atoms with E-state index in [-0.39, 0.29) is 6.04 Å². The van der Waals surface area contributed by atoms with Gasteiger partial charge < -0.3 is 14.8 Å². The van der Waals surface area contributed by atoms with E-state index in [1.807, 2.05) is 73.7 Å². The first-order valence-corrected chi connectivity index (χ1v) is 8.42. The fraction of sp³-hybridized carbons (Fsp3) is 0.200. The van der Waals surface area contributed by atoms with Crippen LogP contribution in [0, 0.1) is 0 Å². The predicted molar refractivity (Wildman–Crippen MR) is 95.6 cm³/mol. The second kappa shape index (κ2) is 7.67. The Balaban J connectivity index is 1.60. The molecule has 124 valence electrons. The number of hydrogen-bond donors (Lipinski definition) is 2. The number of quaternary nitrogens is 1. The molecule has 0 fully saturated rings. The Morgan fingerprint density at radius 3 is 2.42 bits per heavy atom. The van der Waals surface area contributed by atoms with Crippen LogP contribution in [0.2, 0.25) is 5.02 Å². The van der Waals surface area contributed by atoms with Crippen molar-refractivity contribution < 1.29 is 14.8 Å². The number of benzene rings is 2. The smallest absolute Gasteiger partial charge is 0.158 e. The predicted octanol–water partition coefficient (Wildman–Crippen LogP) is 3.79. The highest BCUT2D eigenvalue weighted by atomic mass is 35.5. The standard InChI is InChI=1S/C20H20ClNO2/c1-14(20(23)16-5-3-2-4-6-16)22-13-18-11-12-19(24-18)15-7-9-17(21)10-8-15/h2-12,14,20,22-23H,13H2,1H3/p+1/t14-,20-/m1/s1. The fourth-order valence-electron chi connectivity index (χ4n) is 2.64. The van der Waals surface area contributed by atoms with Crippen LogP contribution in [-0.4, -0.2) is 11.1 Å². The molecule has 3 rings (SSSR count). The van der Waals surface area contributed by atoms with E-state index in [0.29, 0.717) is 11.6 Å². The van der Waals surface area contributed by atoms with Gasteiger partial charge in [0.15, 0.2) is 5.76 Å². The minimum Gasteiger partial charge on any atom is -0.455 e. The molecule has 3 nitrogen and oxygen atoms in total. The average molecular weight is 343 g/mol. The molecule has 4 heteroatoms. The maximum absolute atomic E-state index is 10.4. The molecule has 0 aliphatic rings. The molecule has 1 heterocycles. The average Bonchev–Trinajstić information content (AvgIpc) is 3.09. The maximum Gasteiger partial charge on any atom is 0.158 e. The van der Waals surface area contributed by atoms with Crippen LogP contribution < -0.4 is 5.32 Å². The van der Waals surface area contributed by atoms with E-state index in [2.05, 4.69) is 5.32 Å². The van der Waals surface area contributed by atoms with Crippen molar-refractivity contribution in [2.75, 3.05) is 0 Å². The molecule has 24 heavy (non-hydrogen) atoms. The fourth-order valence-corrected chi connectivity index (χ4v) is 2.77. The van der Waals surface area contributed by atoms with Gasteiger partial charge >= 0.3 is 0 Å². The first-order chi connectivity index (χ1) is 11.6. The van der Waals surface area contributed by atoms with Crippen molar-refractivity contribution in [3.63, 3.8) is 0 Å². The Kier molecular flexibility index (Phi) is 5.36. The van der Waals surface area contributed by atoms with Gasteiger partial charge in [0.1, 0.15) is 24.5 Å². The van der Waals surface area contributed by atoms with Crippen LogP contribution >= 0.6 is 11.6 Å². The summed E-state index contributed by atoms with van der Waals surface area (Å²) in [6, 6.07) is 21.3. The molecule has 0 radical (unpaired) electrons. The van der Waals surface area contributed by atoms with Crippen molar-refractivity contribution in [3.05, 3.63) is 83.1 Å². The van der Waals surface area contributed by atoms with E-state index in [1.165, 1.54) is 0 Å². The molecule has 2 aromatic carbocycles. The Hall–Kier alpha value is -2.07. The number of aliphatic hydroxyl groups is 1. The van der Waals surface area contributed by atoms with Gasteiger partial charge in [-0.25, -0.2) is 0 Å². The van der Waals surface area contributed by atoms with E-state index in [1.54, 1.807) is 0 Å². The summed E-state index contributed by atoms with van der Waals surface area (Å²) in [6.07, 6.45) is -0.503. The second-order valence-corrected chi connectivity index (χ2v) is 6.36. The second-order valence-electron chi connectivity index (χ2n) is 5.93. The largest absolute Gasteiger partial charge is 0.455 e. The van der Waals surface area contributed by atoms with Crippen molar-refractivity contribution in [3.8, 4) is 11.3 Å². The molecular weight excluding hydrogens is 322 g/mol. The molecule has 0 aliphatic heterocycles. The molecule has 0 amide bonds. The molecule has 0 spiro atoms. The summed E-state index contributed by atoms with van der Waals surface area (Å²) in [7, 11) is 0. The topological polar surface area (TPSA) is 50.0 Å². The van der Waals surface area contributed by atoms with Gasteiger partial charge in [0.05, 0.1) is 0 Å². The SMILES string of the molecule is C[C@@H]([NH2+]Cc1ccc(-c2ccc(Cl)cc2)o1)[C@@H](O)c1ccccc1. The minimum absolute atomic E-state index is 0.0384. The number of rotatable bonds is 6. The van der Waals surface area contributed by atoms with Gasteiger partial charge in [-0.05, 0) is 48.9 Å². The molecular formula is C20H21ClNO2+. The van der Waals surface area contributed by atoms with E-state index < -0.39 is 6.10 Å². The zero-order chi connectivity index (χ0) is 16.9. The molecule has 2 atom stereocenters. The van der Waals surface area contributed by atoms with Crippen molar-refractivity contribution in [2.24, 2.45) is 0 Å². The Bertz CT molecular complexity index is 768. The van der Waals surface area contributed by atoms with Gasteiger partial charge in [-0.2, -0.15) is 0 Å². The summed E-state index contributed by atoms with van der Waals surface area (Å²) in [5.41, 5.74) is 1.94. The minimum atomic E-state index is -0.503. The molecule has 1 aromatic heterocycles. The normalized spacial score (nSPS) is 13.6. The molecule has 0 saturated heterocycles. The molecule has 3 N–H and O–H groups in total. The third-order valence-electron chi connectivity index (χ3n) is 4.12. The summed E-state index contributed by atoms with van der Waals surface area (Å²) in [5, 5.41) is 13.2. The van der Waals surface area contributed by atoms with Gasteiger partial charge in [-0.15, -0.1) is 0 Å².